The van der Waals surface area contributed by atoms with E-state index in [0.717, 1.165) is 0 Å². The molecule has 15 heteroatoms. The number of carbonyl (C=O) groups excluding carboxylic acids is 8. The molecule has 50 heavy (non-hydrogen) atoms. The average molecular weight is 702 g/mol. The average Bonchev–Trinajstić information content (AvgIpc) is 3.34. The number of piperazine rings is 2. The lowest BCUT2D eigenvalue weighted by Gasteiger charge is -2.35. The van der Waals surface area contributed by atoms with E-state index in [-0.39, 0.29) is 83.8 Å². The summed E-state index contributed by atoms with van der Waals surface area (Å²) in [6.45, 7) is 21.3. The standard InChI is InChI=1S/C19H28N4O4.C16H27N3O4/c1-14-5-6-16(25)23(14)12-18(27)22-9-7-21(8-10-22)17(26)11-15(24)20-13-19(2,3)4;1-12(20)9-14(22)18-5-7-19(8-6-18)15(23)10-13(21)17-11-16(2,3)4/h5-6H,1,7-13H2,2-4H3,(H,20,24);5-11H2,1-4H3,(H,17,21). The number of nitrogens with zero attached hydrogens (tertiary/aromatic N) is 5. The molecule has 3 aliphatic heterocycles. The monoisotopic (exact) mass is 701 g/mol. The summed E-state index contributed by atoms with van der Waals surface area (Å²) in [5.74, 6) is -1.81. The number of rotatable bonds is 10. The molecule has 2 fully saturated rings. The highest BCUT2D eigenvalue weighted by Gasteiger charge is 2.29. The summed E-state index contributed by atoms with van der Waals surface area (Å²) >= 11 is 0. The van der Waals surface area contributed by atoms with Crippen molar-refractivity contribution in [3.8, 4) is 0 Å². The van der Waals surface area contributed by atoms with Gasteiger partial charge in [-0.1, -0.05) is 48.1 Å². The van der Waals surface area contributed by atoms with Crippen molar-refractivity contribution in [2.24, 2.45) is 10.8 Å². The fourth-order valence-corrected chi connectivity index (χ4v) is 4.99. The predicted octanol–water partition coefficient (Wildman–Crippen LogP) is 0.310. The van der Waals surface area contributed by atoms with Gasteiger partial charge in [0.25, 0.3) is 5.91 Å². The van der Waals surface area contributed by atoms with Gasteiger partial charge in [-0.3, -0.25) is 38.4 Å². The molecule has 0 atom stereocenters. The minimum atomic E-state index is -0.285. The Balaban J connectivity index is 0.000000352. The lowest BCUT2D eigenvalue weighted by Crippen LogP contribution is -2.53. The molecular formula is C35H55N7O8. The van der Waals surface area contributed by atoms with Gasteiger partial charge < -0.3 is 35.1 Å². The van der Waals surface area contributed by atoms with Crippen molar-refractivity contribution < 1.29 is 38.4 Å². The first-order valence-electron chi connectivity index (χ1n) is 17.0. The molecule has 0 aromatic carbocycles. The van der Waals surface area contributed by atoms with Gasteiger partial charge in [-0.2, -0.15) is 0 Å². The number of carbonyl (C=O) groups is 8. The molecule has 0 aromatic rings. The van der Waals surface area contributed by atoms with Gasteiger partial charge >= 0.3 is 0 Å². The Labute approximate surface area is 295 Å². The predicted molar refractivity (Wildman–Crippen MR) is 186 cm³/mol. The molecule has 0 bridgehead atoms. The Morgan fingerprint density at radius 2 is 0.940 bits per heavy atom. The maximum Gasteiger partial charge on any atom is 0.251 e. The first kappa shape index (κ1) is 41.6. The van der Waals surface area contributed by atoms with Gasteiger partial charge in [0.2, 0.25) is 35.4 Å². The maximum absolute atomic E-state index is 12.4. The molecule has 2 saturated heterocycles. The van der Waals surface area contributed by atoms with Gasteiger partial charge in [-0.05, 0) is 23.8 Å². The number of allylic oxidation sites excluding steroid dienone is 1. The molecule has 3 aliphatic rings. The van der Waals surface area contributed by atoms with Crippen molar-refractivity contribution >= 4 is 47.1 Å². The second-order valence-electron chi connectivity index (χ2n) is 15.2. The van der Waals surface area contributed by atoms with E-state index >= 15 is 0 Å². The summed E-state index contributed by atoms with van der Waals surface area (Å²) in [5, 5.41) is 5.52. The van der Waals surface area contributed by atoms with Gasteiger partial charge in [0.1, 0.15) is 25.2 Å². The number of hydrogen-bond donors (Lipinski definition) is 2. The topological polar surface area (TPSA) is 177 Å². The summed E-state index contributed by atoms with van der Waals surface area (Å²) in [6, 6.07) is 0. The van der Waals surface area contributed by atoms with E-state index in [0.29, 0.717) is 71.1 Å². The molecular weight excluding hydrogens is 646 g/mol. The molecule has 15 nitrogen and oxygen atoms in total. The first-order valence-corrected chi connectivity index (χ1v) is 17.0. The molecule has 0 saturated carbocycles. The minimum absolute atomic E-state index is 0.0264. The normalized spacial score (nSPS) is 16.5. The van der Waals surface area contributed by atoms with Crippen molar-refractivity contribution in [2.75, 3.05) is 72.0 Å². The van der Waals surface area contributed by atoms with Crippen LogP contribution in [0.3, 0.4) is 0 Å². The van der Waals surface area contributed by atoms with Crippen LogP contribution in [-0.2, 0) is 38.4 Å². The highest BCUT2D eigenvalue weighted by molar-refractivity contribution is 5.99. The number of hydrogen-bond acceptors (Lipinski definition) is 8. The lowest BCUT2D eigenvalue weighted by atomic mass is 9.97. The molecule has 0 radical (unpaired) electrons. The maximum atomic E-state index is 12.4. The fraction of sp³-hybridized carbons (Fsp3) is 0.657. The van der Waals surface area contributed by atoms with Gasteiger partial charge in [-0.25, -0.2) is 0 Å². The molecule has 0 unspecified atom stereocenters. The van der Waals surface area contributed by atoms with Crippen LogP contribution in [0, 0.1) is 10.8 Å². The molecule has 3 heterocycles. The summed E-state index contributed by atoms with van der Waals surface area (Å²) in [6.07, 6.45) is 2.52. The van der Waals surface area contributed by atoms with Crippen LogP contribution in [0.4, 0.5) is 0 Å². The molecule has 278 valence electrons. The summed E-state index contributed by atoms with van der Waals surface area (Å²) in [4.78, 5) is 103. The van der Waals surface area contributed by atoms with E-state index in [9.17, 15) is 38.4 Å². The van der Waals surface area contributed by atoms with Gasteiger partial charge in [-0.15, -0.1) is 0 Å². The first-order chi connectivity index (χ1) is 23.1. The zero-order chi connectivity index (χ0) is 37.8. The van der Waals surface area contributed by atoms with E-state index in [2.05, 4.69) is 17.2 Å². The highest BCUT2D eigenvalue weighted by atomic mass is 16.2. The van der Waals surface area contributed by atoms with Crippen LogP contribution < -0.4 is 10.6 Å². The van der Waals surface area contributed by atoms with Crippen molar-refractivity contribution in [1.29, 1.82) is 0 Å². The van der Waals surface area contributed by atoms with Gasteiger partial charge in [0.15, 0.2) is 0 Å². The smallest absolute Gasteiger partial charge is 0.251 e. The van der Waals surface area contributed by atoms with Crippen molar-refractivity contribution in [3.05, 3.63) is 24.4 Å². The third kappa shape index (κ3) is 14.9. The Morgan fingerprint density at radius 1 is 0.600 bits per heavy atom. The number of Topliss-reactive ketones (excluding diaryl/α,β-unsaturated/α-hetero) is 1. The third-order valence-corrected chi connectivity index (χ3v) is 7.95. The molecule has 0 aliphatic carbocycles. The van der Waals surface area contributed by atoms with Crippen LogP contribution in [0.1, 0.15) is 67.7 Å². The second kappa shape index (κ2) is 18.4. The van der Waals surface area contributed by atoms with Gasteiger partial charge in [0, 0.05) is 77.2 Å². The van der Waals surface area contributed by atoms with Crippen molar-refractivity contribution in [2.45, 2.75) is 67.7 Å². The highest BCUT2D eigenvalue weighted by Crippen LogP contribution is 2.15. The van der Waals surface area contributed by atoms with E-state index in [1.54, 1.807) is 25.7 Å². The van der Waals surface area contributed by atoms with E-state index in [4.69, 9.17) is 0 Å². The minimum Gasteiger partial charge on any atom is -0.355 e. The fourth-order valence-electron chi connectivity index (χ4n) is 4.99. The van der Waals surface area contributed by atoms with Crippen molar-refractivity contribution in [1.82, 2.24) is 35.1 Å². The Morgan fingerprint density at radius 3 is 1.24 bits per heavy atom. The quantitative estimate of drug-likeness (QED) is 0.306. The molecule has 0 aromatic heterocycles. The van der Waals surface area contributed by atoms with E-state index < -0.39 is 0 Å². The van der Waals surface area contributed by atoms with Crippen LogP contribution in [0.5, 0.6) is 0 Å². The summed E-state index contributed by atoms with van der Waals surface area (Å²) in [5.41, 5.74) is 0.437. The Hall–Kier alpha value is -4.56. The number of amides is 7. The Kier molecular flexibility index (Phi) is 15.3. The largest absolute Gasteiger partial charge is 0.355 e. The number of nitrogens with one attached hydrogen (secondary N) is 2. The molecule has 0 spiro atoms. The SMILES string of the molecule is C=C1C=CC(=O)N1CC(=O)N1CCN(C(=O)CC(=O)NCC(C)(C)C)CC1.CC(=O)CC(=O)N1CCN(C(=O)CC(=O)NCC(C)(C)C)CC1. The van der Waals surface area contributed by atoms with Crippen LogP contribution in [-0.4, -0.2) is 144 Å². The molecule has 3 rings (SSSR count). The van der Waals surface area contributed by atoms with E-state index in [1.807, 2.05) is 41.5 Å². The van der Waals surface area contributed by atoms with Crippen LogP contribution in [0.2, 0.25) is 0 Å². The lowest BCUT2D eigenvalue weighted by molar-refractivity contribution is -0.143. The zero-order valence-corrected chi connectivity index (χ0v) is 30.8. The summed E-state index contributed by atoms with van der Waals surface area (Å²) in [7, 11) is 0. The van der Waals surface area contributed by atoms with Crippen molar-refractivity contribution in [3.63, 3.8) is 0 Å². The van der Waals surface area contributed by atoms with Crippen LogP contribution in [0.15, 0.2) is 24.4 Å². The van der Waals surface area contributed by atoms with Crippen LogP contribution in [0.25, 0.3) is 0 Å². The number of ketones is 1. The molecule has 7 amide bonds. The Bertz CT molecular complexity index is 1330. The second-order valence-corrected chi connectivity index (χ2v) is 15.2. The zero-order valence-electron chi connectivity index (χ0n) is 30.8. The van der Waals surface area contributed by atoms with Gasteiger partial charge in [0.05, 0.1) is 6.42 Å². The summed E-state index contributed by atoms with van der Waals surface area (Å²) < 4.78 is 0. The van der Waals surface area contributed by atoms with Crippen LogP contribution >= 0.6 is 0 Å². The van der Waals surface area contributed by atoms with E-state index in [1.165, 1.54) is 17.9 Å². The molecule has 2 N–H and O–H groups in total. The third-order valence-electron chi connectivity index (χ3n) is 7.95.